The van der Waals surface area contributed by atoms with Gasteiger partial charge in [0.1, 0.15) is 0 Å². The van der Waals surface area contributed by atoms with Crippen LogP contribution in [0.25, 0.3) is 0 Å². The molecule has 0 radical (unpaired) electrons. The number of nitrogen functional groups attached to an aromatic ring is 1. The molecule has 1 aromatic heterocycles. The maximum atomic E-state index is 11.4. The van der Waals surface area contributed by atoms with Gasteiger partial charge in [0.2, 0.25) is 17.8 Å². The number of ether oxygens (including phenoxy) is 1. The number of nitrogens with zero attached hydrogens (tertiary/aromatic N) is 5. The molecule has 2 saturated heterocycles. The number of morpholine rings is 1. The highest BCUT2D eigenvalue weighted by Gasteiger charge is 2.21. The predicted octanol–water partition coefficient (Wildman–Crippen LogP) is -1.14. The highest BCUT2D eigenvalue weighted by atomic mass is 32.2. The van der Waals surface area contributed by atoms with E-state index in [0.29, 0.717) is 49.7 Å². The first-order valence-electron chi connectivity index (χ1n) is 6.66. The van der Waals surface area contributed by atoms with Crippen LogP contribution in [0.5, 0.6) is 0 Å². The van der Waals surface area contributed by atoms with E-state index in [9.17, 15) is 4.21 Å². The van der Waals surface area contributed by atoms with E-state index in [0.717, 1.165) is 13.1 Å². The Morgan fingerprint density at radius 1 is 0.950 bits per heavy atom. The van der Waals surface area contributed by atoms with Crippen molar-refractivity contribution >= 4 is 28.6 Å². The molecule has 1 aromatic rings. The first-order chi connectivity index (χ1) is 9.72. The number of anilines is 3. The third-order valence-electron chi connectivity index (χ3n) is 3.38. The molecule has 0 saturated carbocycles. The molecular formula is C11H18N6O2S. The van der Waals surface area contributed by atoms with Gasteiger partial charge in [-0.25, -0.2) is 0 Å². The van der Waals surface area contributed by atoms with Crippen molar-refractivity contribution < 1.29 is 8.95 Å². The molecule has 8 nitrogen and oxygen atoms in total. The fraction of sp³-hybridized carbons (Fsp3) is 0.727. The summed E-state index contributed by atoms with van der Waals surface area (Å²) >= 11 is 0. The number of nitrogens with two attached hydrogens (primary N) is 1. The Balaban J connectivity index is 1.80. The van der Waals surface area contributed by atoms with E-state index in [-0.39, 0.29) is 5.95 Å². The van der Waals surface area contributed by atoms with Crippen molar-refractivity contribution in [2.75, 3.05) is 66.4 Å². The van der Waals surface area contributed by atoms with Crippen LogP contribution in [0.4, 0.5) is 17.8 Å². The minimum atomic E-state index is -0.721. The van der Waals surface area contributed by atoms with E-state index in [4.69, 9.17) is 10.5 Å². The molecule has 3 rings (SSSR count). The quantitative estimate of drug-likeness (QED) is 0.731. The molecule has 2 N–H and O–H groups in total. The van der Waals surface area contributed by atoms with Crippen LogP contribution < -0.4 is 15.5 Å². The lowest BCUT2D eigenvalue weighted by atomic mass is 10.4. The molecule has 0 amide bonds. The van der Waals surface area contributed by atoms with Crippen LogP contribution in [0.3, 0.4) is 0 Å². The Labute approximate surface area is 119 Å². The number of aromatic nitrogens is 3. The van der Waals surface area contributed by atoms with Crippen LogP contribution in [0.2, 0.25) is 0 Å². The van der Waals surface area contributed by atoms with Gasteiger partial charge < -0.3 is 20.3 Å². The normalized spacial score (nSPS) is 21.2. The van der Waals surface area contributed by atoms with Crippen molar-refractivity contribution in [1.29, 1.82) is 0 Å². The molecule has 0 aliphatic carbocycles. The zero-order valence-corrected chi connectivity index (χ0v) is 12.0. The average molecular weight is 298 g/mol. The minimum absolute atomic E-state index is 0.225. The maximum absolute atomic E-state index is 11.4. The van der Waals surface area contributed by atoms with Gasteiger partial charge in [0, 0.05) is 48.5 Å². The van der Waals surface area contributed by atoms with E-state index in [1.807, 2.05) is 9.80 Å². The van der Waals surface area contributed by atoms with E-state index in [2.05, 4.69) is 15.0 Å². The second kappa shape index (κ2) is 5.88. The summed E-state index contributed by atoms with van der Waals surface area (Å²) < 4.78 is 16.7. The van der Waals surface area contributed by atoms with Gasteiger partial charge in [-0.05, 0) is 0 Å². The van der Waals surface area contributed by atoms with Gasteiger partial charge in [0.15, 0.2) is 0 Å². The van der Waals surface area contributed by atoms with Crippen molar-refractivity contribution in [1.82, 2.24) is 15.0 Å². The van der Waals surface area contributed by atoms with Crippen molar-refractivity contribution in [2.45, 2.75) is 0 Å². The molecule has 0 bridgehead atoms. The number of rotatable bonds is 2. The first kappa shape index (κ1) is 13.5. The summed E-state index contributed by atoms with van der Waals surface area (Å²) in [5.41, 5.74) is 5.79. The molecule has 2 fully saturated rings. The lowest BCUT2D eigenvalue weighted by Gasteiger charge is -2.29. The fourth-order valence-electron chi connectivity index (χ4n) is 2.25. The molecule has 0 aromatic carbocycles. The first-order valence-corrected chi connectivity index (χ1v) is 8.15. The molecule has 0 spiro atoms. The Morgan fingerprint density at radius 2 is 1.50 bits per heavy atom. The molecule has 20 heavy (non-hydrogen) atoms. The lowest BCUT2D eigenvalue weighted by Crippen LogP contribution is -2.40. The third kappa shape index (κ3) is 2.98. The maximum Gasteiger partial charge on any atom is 0.232 e. The third-order valence-corrected chi connectivity index (χ3v) is 4.66. The van der Waals surface area contributed by atoms with E-state index in [1.54, 1.807) is 0 Å². The van der Waals surface area contributed by atoms with Crippen molar-refractivity contribution in [2.24, 2.45) is 0 Å². The molecule has 0 unspecified atom stereocenters. The van der Waals surface area contributed by atoms with Crippen LogP contribution in [-0.4, -0.2) is 70.1 Å². The van der Waals surface area contributed by atoms with Gasteiger partial charge in [0.25, 0.3) is 0 Å². The number of hydrogen-bond acceptors (Lipinski definition) is 8. The summed E-state index contributed by atoms with van der Waals surface area (Å²) in [6, 6.07) is 0. The molecule has 2 aliphatic rings. The van der Waals surface area contributed by atoms with Gasteiger partial charge in [-0.3, -0.25) is 4.21 Å². The zero-order chi connectivity index (χ0) is 13.9. The van der Waals surface area contributed by atoms with Crippen molar-refractivity contribution in [3.63, 3.8) is 0 Å². The largest absolute Gasteiger partial charge is 0.378 e. The molecule has 3 heterocycles. The van der Waals surface area contributed by atoms with Gasteiger partial charge in [-0.1, -0.05) is 0 Å². The topological polar surface area (TPSA) is 97.5 Å². The summed E-state index contributed by atoms with van der Waals surface area (Å²) in [4.78, 5) is 17.0. The van der Waals surface area contributed by atoms with Crippen molar-refractivity contribution in [3.8, 4) is 0 Å². The Kier molecular flexibility index (Phi) is 3.97. The van der Waals surface area contributed by atoms with Gasteiger partial charge in [-0.2, -0.15) is 15.0 Å². The highest BCUT2D eigenvalue weighted by Crippen LogP contribution is 2.17. The molecule has 9 heteroatoms. The second-order valence-electron chi connectivity index (χ2n) is 4.73. The predicted molar refractivity (Wildman–Crippen MR) is 77.4 cm³/mol. The Morgan fingerprint density at radius 3 is 2.10 bits per heavy atom. The van der Waals surface area contributed by atoms with E-state index in [1.165, 1.54) is 0 Å². The van der Waals surface area contributed by atoms with E-state index < -0.39 is 10.8 Å². The van der Waals surface area contributed by atoms with Gasteiger partial charge in [0.05, 0.1) is 13.2 Å². The standard InChI is InChI=1S/C11H18N6O2S/c12-9-13-10(16-1-5-19-6-2-16)15-11(14-9)17-3-7-20(18)8-4-17/h1-8H2,(H2,12,13,14,15). The van der Waals surface area contributed by atoms with Crippen LogP contribution in [0.1, 0.15) is 0 Å². The summed E-state index contributed by atoms with van der Waals surface area (Å²) in [6.07, 6.45) is 0. The molecule has 110 valence electrons. The van der Waals surface area contributed by atoms with Crippen molar-refractivity contribution in [3.05, 3.63) is 0 Å². The average Bonchev–Trinajstić information content (AvgIpc) is 2.48. The molecule has 0 atom stereocenters. The summed E-state index contributed by atoms with van der Waals surface area (Å²) in [7, 11) is -0.721. The lowest BCUT2D eigenvalue weighted by molar-refractivity contribution is 0.122. The van der Waals surface area contributed by atoms with Gasteiger partial charge in [-0.15, -0.1) is 0 Å². The molecular weight excluding hydrogens is 280 g/mol. The Hall–Kier alpha value is -1.48. The van der Waals surface area contributed by atoms with Crippen LogP contribution >= 0.6 is 0 Å². The summed E-state index contributed by atoms with van der Waals surface area (Å²) in [5.74, 6) is 2.71. The van der Waals surface area contributed by atoms with Gasteiger partial charge >= 0.3 is 0 Å². The SMILES string of the molecule is Nc1nc(N2CCOCC2)nc(N2CCS(=O)CC2)n1. The monoisotopic (exact) mass is 298 g/mol. The molecule has 2 aliphatic heterocycles. The second-order valence-corrected chi connectivity index (χ2v) is 6.42. The smallest absolute Gasteiger partial charge is 0.232 e. The zero-order valence-electron chi connectivity index (χ0n) is 11.2. The van der Waals surface area contributed by atoms with Crippen LogP contribution in [0.15, 0.2) is 0 Å². The van der Waals surface area contributed by atoms with E-state index >= 15 is 0 Å². The summed E-state index contributed by atoms with van der Waals surface area (Å²) in [6.45, 7) is 4.24. The number of hydrogen-bond donors (Lipinski definition) is 1. The van der Waals surface area contributed by atoms with Crippen LogP contribution in [-0.2, 0) is 15.5 Å². The fourth-order valence-corrected chi connectivity index (χ4v) is 3.31. The van der Waals surface area contributed by atoms with Crippen LogP contribution in [0, 0.1) is 0 Å². The Bertz CT molecular complexity index is 498. The summed E-state index contributed by atoms with van der Waals surface area (Å²) in [5, 5.41) is 0. The minimum Gasteiger partial charge on any atom is -0.378 e. The highest BCUT2D eigenvalue weighted by molar-refractivity contribution is 7.85.